The Balaban J connectivity index is 1.89. The van der Waals surface area contributed by atoms with Crippen LogP contribution in [0.3, 0.4) is 0 Å². The highest BCUT2D eigenvalue weighted by Gasteiger charge is 2.28. The van der Waals surface area contributed by atoms with E-state index in [9.17, 15) is 0 Å². The molecule has 0 aromatic carbocycles. The molecule has 0 radical (unpaired) electrons. The van der Waals surface area contributed by atoms with Gasteiger partial charge < -0.3 is 5.73 Å². The Morgan fingerprint density at radius 2 is 1.94 bits per heavy atom. The van der Waals surface area contributed by atoms with E-state index in [1.165, 1.54) is 25.7 Å². The average Bonchev–Trinajstić information content (AvgIpc) is 2.32. The normalized spacial score (nSPS) is 20.2. The lowest BCUT2D eigenvalue weighted by Crippen LogP contribution is -2.36. The molecule has 0 aliphatic heterocycles. The van der Waals surface area contributed by atoms with Crippen LogP contribution in [0.5, 0.6) is 0 Å². The van der Waals surface area contributed by atoms with E-state index in [2.05, 4.69) is 35.8 Å². The van der Waals surface area contributed by atoms with Crippen LogP contribution in [-0.4, -0.2) is 28.0 Å². The van der Waals surface area contributed by atoms with E-state index in [0.717, 1.165) is 12.2 Å². The molecule has 100 valence electrons. The maximum atomic E-state index is 5.54. The Labute approximate surface area is 110 Å². The third-order valence-electron chi connectivity index (χ3n) is 4.07. The minimum atomic E-state index is 0.487. The van der Waals surface area contributed by atoms with Crippen molar-refractivity contribution < 1.29 is 0 Å². The van der Waals surface area contributed by atoms with Crippen molar-refractivity contribution in [1.82, 2.24) is 14.9 Å². The molecular formula is C14H24N4. The number of nitrogens with two attached hydrogens (primary N) is 1. The average molecular weight is 248 g/mol. The molecule has 4 heteroatoms. The number of hydrogen-bond acceptors (Lipinski definition) is 4. The standard InChI is InChI=1S/C14H24N4/c1-14(2)6-4-12(5-7-14)18(3)10-11-8-17-13(15)9-16-11/h8-9,12H,4-7,10H2,1-3H3,(H2,15,17). The molecule has 4 nitrogen and oxygen atoms in total. The topological polar surface area (TPSA) is 55.0 Å². The molecule has 0 amide bonds. The van der Waals surface area contributed by atoms with Crippen LogP contribution in [0.15, 0.2) is 12.4 Å². The second-order valence-corrected chi connectivity index (χ2v) is 6.24. The lowest BCUT2D eigenvalue weighted by molar-refractivity contribution is 0.122. The molecule has 1 saturated carbocycles. The van der Waals surface area contributed by atoms with E-state index in [0.29, 0.717) is 17.3 Å². The predicted octanol–water partition coefficient (Wildman–Crippen LogP) is 2.46. The van der Waals surface area contributed by atoms with Gasteiger partial charge in [0.05, 0.1) is 18.1 Å². The second kappa shape index (κ2) is 5.22. The van der Waals surface area contributed by atoms with E-state index in [1.807, 2.05) is 0 Å². The van der Waals surface area contributed by atoms with Crippen LogP contribution in [0, 0.1) is 5.41 Å². The number of aromatic nitrogens is 2. The van der Waals surface area contributed by atoms with Gasteiger partial charge in [-0.1, -0.05) is 13.8 Å². The molecule has 0 unspecified atom stereocenters. The fourth-order valence-electron chi connectivity index (χ4n) is 2.66. The summed E-state index contributed by atoms with van der Waals surface area (Å²) in [6, 6.07) is 0.678. The van der Waals surface area contributed by atoms with Gasteiger partial charge in [0.25, 0.3) is 0 Å². The lowest BCUT2D eigenvalue weighted by atomic mass is 9.75. The molecular weight excluding hydrogens is 224 g/mol. The van der Waals surface area contributed by atoms with Crippen molar-refractivity contribution in [3.05, 3.63) is 18.1 Å². The summed E-state index contributed by atoms with van der Waals surface area (Å²) in [7, 11) is 2.18. The Morgan fingerprint density at radius 1 is 1.28 bits per heavy atom. The molecule has 0 bridgehead atoms. The van der Waals surface area contributed by atoms with Crippen LogP contribution >= 0.6 is 0 Å². The van der Waals surface area contributed by atoms with E-state index >= 15 is 0 Å². The lowest BCUT2D eigenvalue weighted by Gasteiger charge is -2.38. The largest absolute Gasteiger partial charge is 0.382 e. The number of nitrogens with zero attached hydrogens (tertiary/aromatic N) is 3. The first-order valence-corrected chi connectivity index (χ1v) is 6.73. The minimum Gasteiger partial charge on any atom is -0.382 e. The van der Waals surface area contributed by atoms with Gasteiger partial charge in [-0.2, -0.15) is 0 Å². The van der Waals surface area contributed by atoms with Crippen molar-refractivity contribution >= 4 is 5.82 Å². The summed E-state index contributed by atoms with van der Waals surface area (Å²) < 4.78 is 0. The first kappa shape index (κ1) is 13.3. The first-order chi connectivity index (χ1) is 8.46. The van der Waals surface area contributed by atoms with Crippen molar-refractivity contribution in [3.8, 4) is 0 Å². The molecule has 1 heterocycles. The molecule has 1 fully saturated rings. The second-order valence-electron chi connectivity index (χ2n) is 6.24. The highest BCUT2D eigenvalue weighted by molar-refractivity contribution is 5.22. The highest BCUT2D eigenvalue weighted by Crippen LogP contribution is 2.36. The minimum absolute atomic E-state index is 0.487. The van der Waals surface area contributed by atoms with Gasteiger partial charge in [-0.3, -0.25) is 9.88 Å². The van der Waals surface area contributed by atoms with E-state index in [1.54, 1.807) is 12.4 Å². The molecule has 1 aliphatic rings. The van der Waals surface area contributed by atoms with Crippen LogP contribution in [0.25, 0.3) is 0 Å². The van der Waals surface area contributed by atoms with E-state index in [4.69, 9.17) is 5.73 Å². The van der Waals surface area contributed by atoms with Crippen molar-refractivity contribution in [1.29, 1.82) is 0 Å². The van der Waals surface area contributed by atoms with Crippen molar-refractivity contribution in [2.45, 2.75) is 52.1 Å². The molecule has 1 aromatic heterocycles. The smallest absolute Gasteiger partial charge is 0.141 e. The highest BCUT2D eigenvalue weighted by atomic mass is 15.1. The molecule has 2 rings (SSSR count). The number of rotatable bonds is 3. The number of hydrogen-bond donors (Lipinski definition) is 1. The van der Waals surface area contributed by atoms with Gasteiger partial charge in [-0.25, -0.2) is 4.98 Å². The van der Waals surface area contributed by atoms with Gasteiger partial charge in [0.2, 0.25) is 0 Å². The van der Waals surface area contributed by atoms with Crippen LogP contribution in [0.2, 0.25) is 0 Å². The summed E-state index contributed by atoms with van der Waals surface area (Å²) >= 11 is 0. The van der Waals surface area contributed by atoms with Gasteiger partial charge in [-0.15, -0.1) is 0 Å². The van der Waals surface area contributed by atoms with E-state index < -0.39 is 0 Å². The summed E-state index contributed by atoms with van der Waals surface area (Å²) in [6.07, 6.45) is 8.61. The van der Waals surface area contributed by atoms with Crippen LogP contribution in [0.4, 0.5) is 5.82 Å². The zero-order chi connectivity index (χ0) is 13.2. The fraction of sp³-hybridized carbons (Fsp3) is 0.714. The third-order valence-corrected chi connectivity index (χ3v) is 4.07. The van der Waals surface area contributed by atoms with Gasteiger partial charge in [0.15, 0.2) is 0 Å². The summed E-state index contributed by atoms with van der Waals surface area (Å²) in [6.45, 7) is 5.60. The zero-order valence-electron chi connectivity index (χ0n) is 11.7. The Bertz CT molecular complexity index is 375. The first-order valence-electron chi connectivity index (χ1n) is 6.73. The summed E-state index contributed by atoms with van der Waals surface area (Å²) in [4.78, 5) is 10.8. The van der Waals surface area contributed by atoms with Crippen molar-refractivity contribution in [2.75, 3.05) is 12.8 Å². The molecule has 18 heavy (non-hydrogen) atoms. The van der Waals surface area contributed by atoms with Gasteiger partial charge >= 0.3 is 0 Å². The molecule has 0 atom stereocenters. The summed E-state index contributed by atoms with van der Waals surface area (Å²) in [5.41, 5.74) is 7.07. The van der Waals surface area contributed by atoms with Gasteiger partial charge in [0, 0.05) is 12.6 Å². The van der Waals surface area contributed by atoms with Crippen LogP contribution in [0.1, 0.15) is 45.2 Å². The fourth-order valence-corrected chi connectivity index (χ4v) is 2.66. The maximum absolute atomic E-state index is 5.54. The maximum Gasteiger partial charge on any atom is 0.141 e. The molecule has 0 spiro atoms. The Morgan fingerprint density at radius 3 is 2.50 bits per heavy atom. The monoisotopic (exact) mass is 248 g/mol. The SMILES string of the molecule is CN(Cc1cnc(N)cn1)C1CCC(C)(C)CC1. The Hall–Kier alpha value is -1.16. The quantitative estimate of drug-likeness (QED) is 0.892. The van der Waals surface area contributed by atoms with E-state index in [-0.39, 0.29) is 0 Å². The summed E-state index contributed by atoms with van der Waals surface area (Å²) in [5, 5.41) is 0. The van der Waals surface area contributed by atoms with Crippen LogP contribution < -0.4 is 5.73 Å². The molecule has 1 aliphatic carbocycles. The summed E-state index contributed by atoms with van der Waals surface area (Å²) in [5.74, 6) is 0.487. The predicted molar refractivity (Wildman–Crippen MR) is 73.9 cm³/mol. The number of nitrogen functional groups attached to an aromatic ring is 1. The number of anilines is 1. The third kappa shape index (κ3) is 3.42. The Kier molecular flexibility index (Phi) is 3.85. The van der Waals surface area contributed by atoms with Crippen molar-refractivity contribution in [2.24, 2.45) is 5.41 Å². The molecule has 1 aromatic rings. The van der Waals surface area contributed by atoms with Crippen LogP contribution in [-0.2, 0) is 6.54 Å². The molecule has 0 saturated heterocycles. The zero-order valence-corrected chi connectivity index (χ0v) is 11.7. The van der Waals surface area contributed by atoms with Crippen molar-refractivity contribution in [3.63, 3.8) is 0 Å². The molecule has 2 N–H and O–H groups in total. The van der Waals surface area contributed by atoms with Gasteiger partial charge in [0.1, 0.15) is 5.82 Å². The van der Waals surface area contributed by atoms with Gasteiger partial charge in [-0.05, 0) is 38.1 Å².